The molecule has 1 nitrogen and oxygen atoms in total. The Hall–Kier alpha value is 0.660. The van der Waals surface area contributed by atoms with Gasteiger partial charge in [0.25, 0.3) is 0 Å². The summed E-state index contributed by atoms with van der Waals surface area (Å²) >= 11 is 6.42. The van der Waals surface area contributed by atoms with Crippen LogP contribution in [0.25, 0.3) is 0 Å². The number of hydrogen-bond acceptors (Lipinski definition) is 1. The Labute approximate surface area is 66.4 Å². The minimum atomic E-state index is 0.655. The molecule has 0 unspecified atom stereocenters. The molecule has 3 heteroatoms. The Morgan fingerprint density at radius 1 is 1.75 bits per heavy atom. The van der Waals surface area contributed by atoms with Crippen molar-refractivity contribution in [1.82, 2.24) is 0 Å². The SMILES string of the molecule is CCOC/C(Br)=C\Br. The first-order valence-electron chi connectivity index (χ1n) is 2.33. The highest BCUT2D eigenvalue weighted by atomic mass is 79.9. The molecule has 0 spiro atoms. The van der Waals surface area contributed by atoms with Crippen LogP contribution in [0, 0.1) is 0 Å². The summed E-state index contributed by atoms with van der Waals surface area (Å²) in [7, 11) is 0. The molecule has 0 radical (unpaired) electrons. The molecule has 0 rings (SSSR count). The lowest BCUT2D eigenvalue weighted by Crippen LogP contribution is -1.90. The molecule has 0 aliphatic carbocycles. The summed E-state index contributed by atoms with van der Waals surface area (Å²) in [6, 6.07) is 0. The lowest BCUT2D eigenvalue weighted by atomic mass is 10.7. The predicted octanol–water partition coefficient (Wildman–Crippen LogP) is 2.65. The molecule has 0 atom stereocenters. The van der Waals surface area contributed by atoms with Gasteiger partial charge in [-0.25, -0.2) is 0 Å². The van der Waals surface area contributed by atoms with Gasteiger partial charge in [-0.3, -0.25) is 0 Å². The molecule has 0 amide bonds. The normalized spacial score (nSPS) is 12.1. The van der Waals surface area contributed by atoms with E-state index in [0.717, 1.165) is 11.1 Å². The zero-order valence-electron chi connectivity index (χ0n) is 4.66. The van der Waals surface area contributed by atoms with Crippen LogP contribution in [-0.4, -0.2) is 13.2 Å². The van der Waals surface area contributed by atoms with E-state index in [0.29, 0.717) is 6.61 Å². The molecule has 0 heterocycles. The van der Waals surface area contributed by atoms with Crippen molar-refractivity contribution >= 4 is 31.9 Å². The molecule has 0 fully saturated rings. The van der Waals surface area contributed by atoms with E-state index in [2.05, 4.69) is 31.9 Å². The van der Waals surface area contributed by atoms with Gasteiger partial charge in [0.05, 0.1) is 6.61 Å². The molecular formula is C5H8Br2O. The molecular weight excluding hydrogens is 236 g/mol. The number of rotatable bonds is 3. The van der Waals surface area contributed by atoms with Gasteiger partial charge in [-0.2, -0.15) is 0 Å². The average molecular weight is 244 g/mol. The zero-order chi connectivity index (χ0) is 6.41. The van der Waals surface area contributed by atoms with Gasteiger partial charge in [-0.05, 0) is 11.9 Å². The highest BCUT2D eigenvalue weighted by Crippen LogP contribution is 2.06. The quantitative estimate of drug-likeness (QED) is 0.741. The second kappa shape index (κ2) is 5.79. The van der Waals surface area contributed by atoms with E-state index in [-0.39, 0.29) is 0 Å². The van der Waals surface area contributed by atoms with Crippen molar-refractivity contribution in [3.05, 3.63) is 9.47 Å². The summed E-state index contributed by atoms with van der Waals surface area (Å²) in [6.07, 6.45) is 0. The number of hydrogen-bond donors (Lipinski definition) is 0. The Kier molecular flexibility index (Phi) is 6.27. The third-order valence-corrected chi connectivity index (χ3v) is 2.19. The fourth-order valence-electron chi connectivity index (χ4n) is 0.231. The highest BCUT2D eigenvalue weighted by Gasteiger charge is 1.86. The molecule has 48 valence electrons. The first-order valence-corrected chi connectivity index (χ1v) is 4.04. The van der Waals surface area contributed by atoms with E-state index in [1.165, 1.54) is 0 Å². The fraction of sp³-hybridized carbons (Fsp3) is 0.600. The number of halogens is 2. The maximum absolute atomic E-state index is 5.04. The molecule has 0 saturated heterocycles. The van der Waals surface area contributed by atoms with Gasteiger partial charge in [-0.15, -0.1) is 0 Å². The molecule has 0 aromatic carbocycles. The van der Waals surface area contributed by atoms with Crippen LogP contribution in [0.15, 0.2) is 9.47 Å². The van der Waals surface area contributed by atoms with Crippen molar-refractivity contribution < 1.29 is 4.74 Å². The predicted molar refractivity (Wildman–Crippen MR) is 42.4 cm³/mol. The van der Waals surface area contributed by atoms with Crippen LogP contribution in [0.2, 0.25) is 0 Å². The fourth-order valence-corrected chi connectivity index (χ4v) is 0.525. The summed E-state index contributed by atoms with van der Waals surface area (Å²) in [5, 5.41) is 0. The summed E-state index contributed by atoms with van der Waals surface area (Å²) in [4.78, 5) is 1.79. The van der Waals surface area contributed by atoms with Gasteiger partial charge in [0, 0.05) is 11.1 Å². The van der Waals surface area contributed by atoms with Crippen molar-refractivity contribution in [1.29, 1.82) is 0 Å². The third kappa shape index (κ3) is 4.81. The highest BCUT2D eigenvalue weighted by molar-refractivity contribution is 9.14. The van der Waals surface area contributed by atoms with Gasteiger partial charge in [0.1, 0.15) is 0 Å². The van der Waals surface area contributed by atoms with E-state index in [1.54, 1.807) is 4.99 Å². The monoisotopic (exact) mass is 242 g/mol. The minimum Gasteiger partial charge on any atom is -0.376 e. The van der Waals surface area contributed by atoms with E-state index < -0.39 is 0 Å². The van der Waals surface area contributed by atoms with Gasteiger partial charge < -0.3 is 4.74 Å². The van der Waals surface area contributed by atoms with Crippen molar-refractivity contribution in [2.75, 3.05) is 13.2 Å². The van der Waals surface area contributed by atoms with E-state index in [4.69, 9.17) is 4.74 Å². The zero-order valence-corrected chi connectivity index (χ0v) is 7.83. The van der Waals surface area contributed by atoms with E-state index >= 15 is 0 Å². The van der Waals surface area contributed by atoms with Crippen LogP contribution in [0.4, 0.5) is 0 Å². The standard InChI is InChI=1S/C5H8Br2O/c1-2-8-4-5(7)3-6/h3H,2,4H2,1H3/b5-3+. The summed E-state index contributed by atoms with van der Waals surface area (Å²) in [5.41, 5.74) is 0. The lowest BCUT2D eigenvalue weighted by molar-refractivity contribution is 0.176. The molecule has 0 bridgehead atoms. The Morgan fingerprint density at radius 2 is 2.38 bits per heavy atom. The molecule has 0 N–H and O–H groups in total. The van der Waals surface area contributed by atoms with Crippen molar-refractivity contribution in [3.63, 3.8) is 0 Å². The first kappa shape index (κ1) is 8.66. The van der Waals surface area contributed by atoms with E-state index in [1.807, 2.05) is 6.92 Å². The summed E-state index contributed by atoms with van der Waals surface area (Å²) < 4.78 is 6.07. The molecule has 0 saturated carbocycles. The molecule has 0 aromatic rings. The minimum absolute atomic E-state index is 0.655. The van der Waals surface area contributed by atoms with Crippen LogP contribution in [-0.2, 0) is 4.74 Å². The molecule has 0 aromatic heterocycles. The topological polar surface area (TPSA) is 9.23 Å². The van der Waals surface area contributed by atoms with Gasteiger partial charge in [0.15, 0.2) is 0 Å². The summed E-state index contributed by atoms with van der Waals surface area (Å²) in [5.74, 6) is 0. The molecule has 0 aliphatic heterocycles. The van der Waals surface area contributed by atoms with Crippen LogP contribution in [0.1, 0.15) is 6.92 Å². The van der Waals surface area contributed by atoms with Crippen LogP contribution < -0.4 is 0 Å². The molecule has 8 heavy (non-hydrogen) atoms. The number of ether oxygens (including phenoxy) is 1. The second-order valence-electron chi connectivity index (χ2n) is 1.19. The Balaban J connectivity index is 3.12. The van der Waals surface area contributed by atoms with E-state index in [9.17, 15) is 0 Å². The first-order chi connectivity index (χ1) is 3.81. The lowest BCUT2D eigenvalue weighted by Gasteiger charge is -1.95. The van der Waals surface area contributed by atoms with Crippen molar-refractivity contribution in [3.8, 4) is 0 Å². The molecule has 0 aliphatic rings. The van der Waals surface area contributed by atoms with Crippen LogP contribution in [0.3, 0.4) is 0 Å². The maximum atomic E-state index is 5.04. The average Bonchev–Trinajstić information content (AvgIpc) is 1.83. The van der Waals surface area contributed by atoms with Gasteiger partial charge in [0.2, 0.25) is 0 Å². The third-order valence-electron chi connectivity index (χ3n) is 0.562. The van der Waals surface area contributed by atoms with Gasteiger partial charge in [-0.1, -0.05) is 31.9 Å². The van der Waals surface area contributed by atoms with Crippen LogP contribution >= 0.6 is 31.9 Å². The Bertz CT molecular complexity index is 80.5. The maximum Gasteiger partial charge on any atom is 0.0786 e. The second-order valence-corrected chi connectivity index (χ2v) is 2.67. The van der Waals surface area contributed by atoms with Crippen LogP contribution in [0.5, 0.6) is 0 Å². The van der Waals surface area contributed by atoms with Crippen molar-refractivity contribution in [2.45, 2.75) is 6.92 Å². The summed E-state index contributed by atoms with van der Waals surface area (Å²) in [6.45, 7) is 3.38. The largest absolute Gasteiger partial charge is 0.376 e. The smallest absolute Gasteiger partial charge is 0.0786 e. The Morgan fingerprint density at radius 3 is 2.75 bits per heavy atom. The van der Waals surface area contributed by atoms with Crippen molar-refractivity contribution in [2.24, 2.45) is 0 Å². The van der Waals surface area contributed by atoms with Gasteiger partial charge >= 0.3 is 0 Å².